The molecule has 0 radical (unpaired) electrons. The van der Waals surface area contributed by atoms with Gasteiger partial charge in [-0.05, 0) is 35.1 Å². The van der Waals surface area contributed by atoms with Crippen LogP contribution in [0.15, 0.2) is 22.8 Å². The molecule has 2 rings (SSSR count). The summed E-state index contributed by atoms with van der Waals surface area (Å²) in [5, 5.41) is 7.54. The summed E-state index contributed by atoms with van der Waals surface area (Å²) in [5.41, 5.74) is 3.16. The van der Waals surface area contributed by atoms with Crippen molar-refractivity contribution in [3.8, 4) is 11.4 Å². The van der Waals surface area contributed by atoms with Gasteiger partial charge >= 0.3 is 0 Å². The summed E-state index contributed by atoms with van der Waals surface area (Å²) in [6.07, 6.45) is 1.91. The van der Waals surface area contributed by atoms with Crippen LogP contribution < -0.4 is 5.32 Å². The van der Waals surface area contributed by atoms with E-state index in [0.29, 0.717) is 0 Å². The predicted octanol–water partition coefficient (Wildman–Crippen LogP) is 1.90. The fourth-order valence-corrected chi connectivity index (χ4v) is 2.29. The number of rotatable bonds is 3. The number of nitrogens with one attached hydrogen (secondary N) is 2. The van der Waals surface area contributed by atoms with Gasteiger partial charge in [-0.2, -0.15) is 5.10 Å². The van der Waals surface area contributed by atoms with E-state index in [1.54, 1.807) is 0 Å². The van der Waals surface area contributed by atoms with Crippen molar-refractivity contribution >= 4 is 15.9 Å². The van der Waals surface area contributed by atoms with E-state index in [-0.39, 0.29) is 0 Å². The van der Waals surface area contributed by atoms with Crippen LogP contribution in [0, 0.1) is 0 Å². The predicted molar refractivity (Wildman–Crippen MR) is 63.5 cm³/mol. The molecule has 0 aromatic carbocycles. The Hall–Kier alpha value is -1.07. The van der Waals surface area contributed by atoms with Crippen LogP contribution in [-0.2, 0) is 13.6 Å². The SMILES string of the molecule is CNCc1nn(C)c(-c2ccc[nH]2)c1Br. The van der Waals surface area contributed by atoms with Crippen molar-refractivity contribution in [2.75, 3.05) is 7.05 Å². The Balaban J connectivity index is 2.48. The minimum Gasteiger partial charge on any atom is -0.360 e. The summed E-state index contributed by atoms with van der Waals surface area (Å²) in [6.45, 7) is 0.759. The molecule has 0 spiro atoms. The van der Waals surface area contributed by atoms with Gasteiger partial charge in [-0.3, -0.25) is 4.68 Å². The van der Waals surface area contributed by atoms with Crippen LogP contribution in [0.3, 0.4) is 0 Å². The highest BCUT2D eigenvalue weighted by Gasteiger charge is 2.14. The van der Waals surface area contributed by atoms with Crippen LogP contribution >= 0.6 is 15.9 Å². The van der Waals surface area contributed by atoms with E-state index >= 15 is 0 Å². The fourth-order valence-electron chi connectivity index (χ4n) is 1.60. The maximum atomic E-state index is 4.44. The van der Waals surface area contributed by atoms with Crippen molar-refractivity contribution in [3.63, 3.8) is 0 Å². The van der Waals surface area contributed by atoms with Gasteiger partial charge in [0.25, 0.3) is 0 Å². The smallest absolute Gasteiger partial charge is 0.0986 e. The van der Waals surface area contributed by atoms with Crippen molar-refractivity contribution in [2.24, 2.45) is 7.05 Å². The Morgan fingerprint density at radius 3 is 3.00 bits per heavy atom. The maximum Gasteiger partial charge on any atom is 0.0986 e. The van der Waals surface area contributed by atoms with E-state index < -0.39 is 0 Å². The highest BCUT2D eigenvalue weighted by molar-refractivity contribution is 9.10. The molecule has 0 bridgehead atoms. The zero-order valence-electron chi connectivity index (χ0n) is 8.71. The molecule has 0 unspecified atom stereocenters. The lowest BCUT2D eigenvalue weighted by Crippen LogP contribution is -2.06. The lowest BCUT2D eigenvalue weighted by Gasteiger charge is -1.98. The Kier molecular flexibility index (Phi) is 2.93. The minimum absolute atomic E-state index is 0.759. The second-order valence-electron chi connectivity index (χ2n) is 3.35. The third kappa shape index (κ3) is 1.85. The molecule has 0 atom stereocenters. The van der Waals surface area contributed by atoms with Crippen LogP contribution in [0.2, 0.25) is 0 Å². The molecular weight excluding hydrogens is 256 g/mol. The molecule has 5 heteroatoms. The average Bonchev–Trinajstić information content (AvgIpc) is 2.77. The largest absolute Gasteiger partial charge is 0.360 e. The van der Waals surface area contributed by atoms with Gasteiger partial charge in [0, 0.05) is 19.8 Å². The number of H-pyrrole nitrogens is 1. The number of hydrogen-bond donors (Lipinski definition) is 2. The van der Waals surface area contributed by atoms with Crippen molar-refractivity contribution in [2.45, 2.75) is 6.54 Å². The summed E-state index contributed by atoms with van der Waals surface area (Å²) in [5.74, 6) is 0. The van der Waals surface area contributed by atoms with E-state index in [2.05, 4.69) is 31.3 Å². The molecule has 0 aliphatic rings. The first kappa shape index (κ1) is 10.4. The number of hydrogen-bond acceptors (Lipinski definition) is 2. The molecule has 0 saturated heterocycles. The third-order valence-corrected chi connectivity index (χ3v) is 3.09. The van der Waals surface area contributed by atoms with Gasteiger partial charge in [0.2, 0.25) is 0 Å². The van der Waals surface area contributed by atoms with Crippen LogP contribution in [0.5, 0.6) is 0 Å². The topological polar surface area (TPSA) is 45.6 Å². The molecule has 0 saturated carbocycles. The van der Waals surface area contributed by atoms with Gasteiger partial charge in [0.05, 0.1) is 21.6 Å². The van der Waals surface area contributed by atoms with Crippen LogP contribution in [0.4, 0.5) is 0 Å². The molecule has 4 nitrogen and oxygen atoms in total. The van der Waals surface area contributed by atoms with E-state index in [0.717, 1.165) is 28.1 Å². The first-order valence-corrected chi connectivity index (χ1v) is 5.53. The third-order valence-electron chi connectivity index (χ3n) is 2.25. The molecule has 0 aliphatic carbocycles. The number of halogens is 1. The summed E-state index contributed by atoms with van der Waals surface area (Å²) >= 11 is 3.58. The molecule has 2 heterocycles. The number of nitrogens with zero attached hydrogens (tertiary/aromatic N) is 2. The van der Waals surface area contributed by atoms with Gasteiger partial charge in [-0.15, -0.1) is 0 Å². The average molecular weight is 269 g/mol. The Morgan fingerprint density at radius 1 is 1.60 bits per heavy atom. The minimum atomic E-state index is 0.759. The van der Waals surface area contributed by atoms with Gasteiger partial charge < -0.3 is 10.3 Å². The highest BCUT2D eigenvalue weighted by atomic mass is 79.9. The van der Waals surface area contributed by atoms with Crippen LogP contribution in [0.25, 0.3) is 11.4 Å². The lowest BCUT2D eigenvalue weighted by atomic mass is 10.3. The summed E-state index contributed by atoms with van der Waals surface area (Å²) in [7, 11) is 3.86. The van der Waals surface area contributed by atoms with Gasteiger partial charge in [-0.25, -0.2) is 0 Å². The van der Waals surface area contributed by atoms with Crippen molar-refractivity contribution in [1.82, 2.24) is 20.1 Å². The Morgan fingerprint density at radius 2 is 2.40 bits per heavy atom. The normalized spacial score (nSPS) is 10.9. The van der Waals surface area contributed by atoms with Crippen molar-refractivity contribution < 1.29 is 0 Å². The van der Waals surface area contributed by atoms with Crippen molar-refractivity contribution in [1.29, 1.82) is 0 Å². The standard InChI is InChI=1S/C10H13BrN4/c1-12-6-8-9(11)10(15(2)14-8)7-4-3-5-13-7/h3-5,12-13H,6H2,1-2H3. The summed E-state index contributed by atoms with van der Waals surface area (Å²) in [4.78, 5) is 3.18. The first-order chi connectivity index (χ1) is 7.24. The van der Waals surface area contributed by atoms with Crippen LogP contribution in [0.1, 0.15) is 5.69 Å². The number of aromatic amines is 1. The van der Waals surface area contributed by atoms with Crippen LogP contribution in [-0.4, -0.2) is 21.8 Å². The molecule has 2 N–H and O–H groups in total. The fraction of sp³-hybridized carbons (Fsp3) is 0.300. The zero-order valence-corrected chi connectivity index (χ0v) is 10.3. The second-order valence-corrected chi connectivity index (χ2v) is 4.14. The number of aromatic nitrogens is 3. The van der Waals surface area contributed by atoms with Gasteiger partial charge in [0.1, 0.15) is 0 Å². The molecule has 80 valence electrons. The molecule has 0 fully saturated rings. The van der Waals surface area contributed by atoms with E-state index in [1.807, 2.05) is 37.1 Å². The summed E-state index contributed by atoms with van der Waals surface area (Å²) < 4.78 is 2.92. The number of aryl methyl sites for hydroxylation is 1. The molecule has 0 aliphatic heterocycles. The molecule has 15 heavy (non-hydrogen) atoms. The van der Waals surface area contributed by atoms with Gasteiger partial charge in [-0.1, -0.05) is 0 Å². The van der Waals surface area contributed by atoms with Crippen molar-refractivity contribution in [3.05, 3.63) is 28.5 Å². The highest BCUT2D eigenvalue weighted by Crippen LogP contribution is 2.29. The first-order valence-electron chi connectivity index (χ1n) is 4.73. The molecule has 2 aromatic rings. The Bertz CT molecular complexity index is 444. The van der Waals surface area contributed by atoms with E-state index in [9.17, 15) is 0 Å². The monoisotopic (exact) mass is 268 g/mol. The zero-order chi connectivity index (χ0) is 10.8. The lowest BCUT2D eigenvalue weighted by molar-refractivity contribution is 0.715. The Labute approximate surface area is 96.8 Å². The quantitative estimate of drug-likeness (QED) is 0.893. The maximum absolute atomic E-state index is 4.44. The summed E-state index contributed by atoms with van der Waals surface area (Å²) in [6, 6.07) is 4.01. The van der Waals surface area contributed by atoms with E-state index in [4.69, 9.17) is 0 Å². The van der Waals surface area contributed by atoms with E-state index in [1.165, 1.54) is 0 Å². The molecular formula is C10H13BrN4. The second kappa shape index (κ2) is 4.20. The van der Waals surface area contributed by atoms with Gasteiger partial charge in [0.15, 0.2) is 0 Å². The molecule has 2 aromatic heterocycles. The molecule has 0 amide bonds.